The van der Waals surface area contributed by atoms with Gasteiger partial charge in [0.25, 0.3) is 0 Å². The van der Waals surface area contributed by atoms with E-state index in [2.05, 4.69) is 58.7 Å². The van der Waals surface area contributed by atoms with Crippen molar-refractivity contribution in [1.82, 2.24) is 14.8 Å². The number of anilines is 1. The molecule has 1 aromatic heterocycles. The normalized spacial score (nSPS) is 21.4. The van der Waals surface area contributed by atoms with Crippen LogP contribution in [0.4, 0.5) is 5.95 Å². The highest BCUT2D eigenvalue weighted by Crippen LogP contribution is 2.43. The van der Waals surface area contributed by atoms with Crippen molar-refractivity contribution in [3.05, 3.63) is 88.9 Å². The average Bonchev–Trinajstić information content (AvgIpc) is 3.16. The summed E-state index contributed by atoms with van der Waals surface area (Å²) in [5.74, 6) is 1.07. The van der Waals surface area contributed by atoms with Crippen LogP contribution in [-0.2, 0) is 4.79 Å². The van der Waals surface area contributed by atoms with E-state index < -0.39 is 0 Å². The summed E-state index contributed by atoms with van der Waals surface area (Å²) in [5.41, 5.74) is 5.26. The quantitative estimate of drug-likeness (QED) is 0.754. The molecule has 2 atom stereocenters. The third-order valence-corrected chi connectivity index (χ3v) is 5.53. The Morgan fingerprint density at radius 1 is 1.00 bits per heavy atom. The first-order valence-electron chi connectivity index (χ1n) is 9.25. The topological polar surface area (TPSA) is 59.8 Å². The standard InChI is InChI=1S/C22H20N4O/c1-14-7-9-16(10-8-14)21-20-18(25-22-23-13-24-26(21)22)11-17(12-19(20)27)15-5-3-2-4-6-15/h2-10,13,17,21H,11-12H2,1H3,(H,23,24,25)/t17-,21-/m1/s1. The molecule has 2 heterocycles. The Kier molecular flexibility index (Phi) is 3.67. The molecule has 134 valence electrons. The minimum atomic E-state index is -0.219. The fourth-order valence-electron chi connectivity index (χ4n) is 4.17. The number of aryl methyl sites for hydroxylation is 1. The maximum Gasteiger partial charge on any atom is 0.226 e. The number of ketones is 1. The van der Waals surface area contributed by atoms with Crippen molar-refractivity contribution in [1.29, 1.82) is 0 Å². The van der Waals surface area contributed by atoms with Crippen LogP contribution in [0.3, 0.4) is 0 Å². The van der Waals surface area contributed by atoms with Gasteiger partial charge in [0.05, 0.1) is 0 Å². The lowest BCUT2D eigenvalue weighted by Gasteiger charge is -2.35. The van der Waals surface area contributed by atoms with Gasteiger partial charge in [-0.15, -0.1) is 0 Å². The summed E-state index contributed by atoms with van der Waals surface area (Å²) < 4.78 is 1.82. The summed E-state index contributed by atoms with van der Waals surface area (Å²) in [5, 5.41) is 7.76. The second-order valence-electron chi connectivity index (χ2n) is 7.30. The molecule has 0 fully saturated rings. The van der Waals surface area contributed by atoms with Gasteiger partial charge in [-0.3, -0.25) is 4.79 Å². The zero-order valence-electron chi connectivity index (χ0n) is 15.1. The molecule has 5 rings (SSSR count). The molecule has 1 aliphatic carbocycles. The summed E-state index contributed by atoms with van der Waals surface area (Å²) in [6.07, 6.45) is 2.87. The monoisotopic (exact) mass is 356 g/mol. The molecule has 0 radical (unpaired) electrons. The molecule has 3 aromatic rings. The fraction of sp³-hybridized carbons (Fsp3) is 0.227. The van der Waals surface area contributed by atoms with Gasteiger partial charge in [0, 0.05) is 17.7 Å². The molecule has 2 aromatic carbocycles. The summed E-state index contributed by atoms with van der Waals surface area (Å²) in [4.78, 5) is 17.6. The Hall–Kier alpha value is -3.21. The molecule has 0 saturated heterocycles. The minimum absolute atomic E-state index is 0.185. The lowest BCUT2D eigenvalue weighted by atomic mass is 9.78. The highest BCUT2D eigenvalue weighted by Gasteiger charge is 2.39. The number of hydrogen-bond donors (Lipinski definition) is 1. The van der Waals surface area contributed by atoms with E-state index in [4.69, 9.17) is 0 Å². The molecule has 0 spiro atoms. The smallest absolute Gasteiger partial charge is 0.226 e. The minimum Gasteiger partial charge on any atom is -0.328 e. The number of Topliss-reactive ketones (excluding diaryl/α,β-unsaturated/α-hetero) is 1. The van der Waals surface area contributed by atoms with Crippen molar-refractivity contribution >= 4 is 11.7 Å². The third-order valence-electron chi connectivity index (χ3n) is 5.53. The van der Waals surface area contributed by atoms with Gasteiger partial charge in [-0.05, 0) is 30.4 Å². The first-order valence-corrected chi connectivity index (χ1v) is 9.25. The third kappa shape index (κ3) is 2.67. The van der Waals surface area contributed by atoms with Crippen molar-refractivity contribution in [3.63, 3.8) is 0 Å². The Labute approximate surface area is 157 Å². The van der Waals surface area contributed by atoms with E-state index in [-0.39, 0.29) is 17.7 Å². The van der Waals surface area contributed by atoms with Gasteiger partial charge in [-0.2, -0.15) is 10.1 Å². The van der Waals surface area contributed by atoms with Gasteiger partial charge in [-0.1, -0.05) is 60.2 Å². The molecule has 1 aliphatic heterocycles. The largest absolute Gasteiger partial charge is 0.328 e. The van der Waals surface area contributed by atoms with E-state index in [0.717, 1.165) is 23.3 Å². The Morgan fingerprint density at radius 2 is 1.78 bits per heavy atom. The summed E-state index contributed by atoms with van der Waals surface area (Å²) in [6.45, 7) is 2.06. The molecule has 27 heavy (non-hydrogen) atoms. The number of carbonyl (C=O) groups excluding carboxylic acids is 1. The van der Waals surface area contributed by atoms with Crippen LogP contribution in [0.25, 0.3) is 0 Å². The molecular weight excluding hydrogens is 336 g/mol. The lowest BCUT2D eigenvalue weighted by Crippen LogP contribution is -2.33. The number of rotatable bonds is 2. The van der Waals surface area contributed by atoms with E-state index in [1.807, 2.05) is 22.9 Å². The number of benzene rings is 2. The number of nitrogens with zero attached hydrogens (tertiary/aromatic N) is 3. The highest BCUT2D eigenvalue weighted by molar-refractivity contribution is 6.00. The van der Waals surface area contributed by atoms with Crippen molar-refractivity contribution < 1.29 is 4.79 Å². The zero-order chi connectivity index (χ0) is 18.4. The second kappa shape index (κ2) is 6.20. The van der Waals surface area contributed by atoms with Crippen LogP contribution in [0.2, 0.25) is 0 Å². The van der Waals surface area contributed by atoms with E-state index in [9.17, 15) is 4.79 Å². The van der Waals surface area contributed by atoms with Crippen LogP contribution in [0, 0.1) is 6.92 Å². The molecule has 5 heteroatoms. The Bertz CT molecular complexity index is 1030. The van der Waals surface area contributed by atoms with Crippen molar-refractivity contribution in [2.75, 3.05) is 5.32 Å². The molecule has 1 N–H and O–H groups in total. The molecule has 0 amide bonds. The number of allylic oxidation sites excluding steroid dienone is 2. The van der Waals surface area contributed by atoms with Crippen LogP contribution in [0.5, 0.6) is 0 Å². The van der Waals surface area contributed by atoms with Crippen LogP contribution in [0.1, 0.15) is 41.5 Å². The average molecular weight is 356 g/mol. The fourth-order valence-corrected chi connectivity index (χ4v) is 4.17. The second-order valence-corrected chi connectivity index (χ2v) is 7.30. The van der Waals surface area contributed by atoms with E-state index in [0.29, 0.717) is 12.4 Å². The van der Waals surface area contributed by atoms with Gasteiger partial charge >= 0.3 is 0 Å². The Balaban J connectivity index is 1.60. The predicted octanol–water partition coefficient (Wildman–Crippen LogP) is 4.00. The van der Waals surface area contributed by atoms with Gasteiger partial charge in [-0.25, -0.2) is 4.68 Å². The van der Waals surface area contributed by atoms with Crippen molar-refractivity contribution in [3.8, 4) is 0 Å². The van der Waals surface area contributed by atoms with E-state index in [1.54, 1.807) is 6.33 Å². The molecular formula is C22H20N4O. The van der Waals surface area contributed by atoms with Gasteiger partial charge in [0.1, 0.15) is 12.4 Å². The van der Waals surface area contributed by atoms with Crippen LogP contribution < -0.4 is 5.32 Å². The molecule has 0 saturated carbocycles. The van der Waals surface area contributed by atoms with Crippen molar-refractivity contribution in [2.45, 2.75) is 31.7 Å². The first kappa shape index (κ1) is 16.0. The summed E-state index contributed by atoms with van der Waals surface area (Å²) >= 11 is 0. The first-order chi connectivity index (χ1) is 13.2. The highest BCUT2D eigenvalue weighted by atomic mass is 16.1. The summed E-state index contributed by atoms with van der Waals surface area (Å²) in [6, 6.07) is 18.4. The van der Waals surface area contributed by atoms with Crippen LogP contribution in [-0.4, -0.2) is 20.5 Å². The number of fused-ring (bicyclic) bond motifs is 1. The maximum absolute atomic E-state index is 13.2. The molecule has 5 nitrogen and oxygen atoms in total. The number of carbonyl (C=O) groups is 1. The number of hydrogen-bond acceptors (Lipinski definition) is 4. The predicted molar refractivity (Wildman–Crippen MR) is 103 cm³/mol. The van der Waals surface area contributed by atoms with Crippen LogP contribution >= 0.6 is 0 Å². The maximum atomic E-state index is 13.2. The van der Waals surface area contributed by atoms with E-state index in [1.165, 1.54) is 11.1 Å². The lowest BCUT2D eigenvalue weighted by molar-refractivity contribution is -0.116. The van der Waals surface area contributed by atoms with Crippen molar-refractivity contribution in [2.24, 2.45) is 0 Å². The number of nitrogens with one attached hydrogen (secondary N) is 1. The SMILES string of the molecule is Cc1ccc([C@@H]2C3=C(C[C@@H](c4ccccc4)CC3=O)Nc3ncnn32)cc1. The van der Waals surface area contributed by atoms with Gasteiger partial charge in [0.2, 0.25) is 5.95 Å². The Morgan fingerprint density at radius 3 is 2.56 bits per heavy atom. The number of aromatic nitrogens is 3. The molecule has 0 unspecified atom stereocenters. The summed E-state index contributed by atoms with van der Waals surface area (Å²) in [7, 11) is 0. The van der Waals surface area contributed by atoms with Gasteiger partial charge in [0.15, 0.2) is 5.78 Å². The molecule has 2 aliphatic rings. The molecule has 0 bridgehead atoms. The van der Waals surface area contributed by atoms with E-state index >= 15 is 0 Å². The zero-order valence-corrected chi connectivity index (χ0v) is 15.1. The van der Waals surface area contributed by atoms with Gasteiger partial charge < -0.3 is 5.32 Å². The van der Waals surface area contributed by atoms with Crippen LogP contribution in [0.15, 0.2) is 72.2 Å².